The number of hydrogen-bond acceptors (Lipinski definition) is 3. The molecule has 0 aromatic heterocycles. The fourth-order valence-electron chi connectivity index (χ4n) is 2.80. The molecule has 0 aliphatic heterocycles. The summed E-state index contributed by atoms with van der Waals surface area (Å²) in [5, 5.41) is 2.88. The predicted octanol–water partition coefficient (Wildman–Crippen LogP) is 2.97. The average Bonchev–Trinajstić information content (AvgIpc) is 2.60. The molecule has 0 saturated heterocycles. The van der Waals surface area contributed by atoms with Gasteiger partial charge in [-0.1, -0.05) is 30.3 Å². The summed E-state index contributed by atoms with van der Waals surface area (Å²) in [6, 6.07) is 12.0. The molecule has 2 rings (SSSR count). The largest absolute Gasteiger partial charge is 0.335 e. The third-order valence-electron chi connectivity index (χ3n) is 4.32. The number of halogens is 1. The molecular weight excluding hydrogens is 345 g/mol. The standard InChI is InChI=1S/C21H26FN3O2/c1-15-6-5-7-16(2)21(15)23-19(26)13-25(4)20(27)14-24(3)12-17-8-10-18(22)11-9-17/h5-11H,12-14H2,1-4H3,(H,23,26). The third-order valence-corrected chi connectivity index (χ3v) is 4.32. The van der Waals surface area contributed by atoms with E-state index in [0.29, 0.717) is 6.54 Å². The van der Waals surface area contributed by atoms with E-state index in [0.717, 1.165) is 22.4 Å². The molecule has 2 aromatic rings. The zero-order valence-electron chi connectivity index (χ0n) is 16.3. The van der Waals surface area contributed by atoms with Crippen molar-refractivity contribution in [2.75, 3.05) is 32.5 Å². The quantitative estimate of drug-likeness (QED) is 0.814. The lowest BCUT2D eigenvalue weighted by molar-refractivity contribution is -0.134. The van der Waals surface area contributed by atoms with Crippen LogP contribution in [0.1, 0.15) is 16.7 Å². The van der Waals surface area contributed by atoms with Crippen LogP contribution in [0.15, 0.2) is 42.5 Å². The Morgan fingerprint density at radius 3 is 2.15 bits per heavy atom. The molecule has 5 nitrogen and oxygen atoms in total. The van der Waals surface area contributed by atoms with E-state index >= 15 is 0 Å². The molecule has 2 aromatic carbocycles. The number of aryl methyl sites for hydroxylation is 2. The first-order chi connectivity index (χ1) is 12.8. The summed E-state index contributed by atoms with van der Waals surface area (Å²) in [5.41, 5.74) is 3.67. The zero-order valence-corrected chi connectivity index (χ0v) is 16.3. The fourth-order valence-corrected chi connectivity index (χ4v) is 2.80. The van der Waals surface area contributed by atoms with Crippen LogP contribution in [0.4, 0.5) is 10.1 Å². The molecule has 0 atom stereocenters. The van der Waals surface area contributed by atoms with E-state index in [2.05, 4.69) is 5.32 Å². The second-order valence-corrected chi connectivity index (χ2v) is 6.86. The van der Waals surface area contributed by atoms with Crippen molar-refractivity contribution in [3.63, 3.8) is 0 Å². The molecule has 2 amide bonds. The van der Waals surface area contributed by atoms with Crippen LogP contribution in [0.2, 0.25) is 0 Å². The van der Waals surface area contributed by atoms with E-state index in [1.54, 1.807) is 19.2 Å². The first kappa shape index (κ1) is 20.6. The number of benzene rings is 2. The van der Waals surface area contributed by atoms with Crippen molar-refractivity contribution in [2.45, 2.75) is 20.4 Å². The number of nitrogens with zero attached hydrogens (tertiary/aromatic N) is 2. The normalized spacial score (nSPS) is 10.7. The molecule has 0 fully saturated rings. The first-order valence-corrected chi connectivity index (χ1v) is 8.79. The summed E-state index contributed by atoms with van der Waals surface area (Å²) in [6.07, 6.45) is 0. The van der Waals surface area contributed by atoms with Gasteiger partial charge in [0.25, 0.3) is 0 Å². The van der Waals surface area contributed by atoms with E-state index in [4.69, 9.17) is 0 Å². The molecule has 27 heavy (non-hydrogen) atoms. The van der Waals surface area contributed by atoms with E-state index in [1.165, 1.54) is 17.0 Å². The minimum Gasteiger partial charge on any atom is -0.335 e. The Balaban J connectivity index is 1.85. The summed E-state index contributed by atoms with van der Waals surface area (Å²) in [4.78, 5) is 27.9. The number of nitrogens with one attached hydrogen (secondary N) is 1. The number of amides is 2. The zero-order chi connectivity index (χ0) is 20.0. The Morgan fingerprint density at radius 1 is 0.963 bits per heavy atom. The highest BCUT2D eigenvalue weighted by molar-refractivity contribution is 5.95. The maximum absolute atomic E-state index is 13.0. The molecule has 0 spiro atoms. The van der Waals surface area contributed by atoms with Gasteiger partial charge in [0.15, 0.2) is 0 Å². The van der Waals surface area contributed by atoms with Gasteiger partial charge >= 0.3 is 0 Å². The maximum atomic E-state index is 13.0. The highest BCUT2D eigenvalue weighted by Gasteiger charge is 2.16. The van der Waals surface area contributed by atoms with Gasteiger partial charge in [-0.25, -0.2) is 4.39 Å². The number of rotatable bonds is 7. The number of carbonyl (C=O) groups is 2. The first-order valence-electron chi connectivity index (χ1n) is 8.79. The molecular formula is C21H26FN3O2. The SMILES string of the molecule is Cc1cccc(C)c1NC(=O)CN(C)C(=O)CN(C)Cc1ccc(F)cc1. The van der Waals surface area contributed by atoms with Crippen LogP contribution in [0, 0.1) is 19.7 Å². The van der Waals surface area contributed by atoms with Crippen LogP contribution >= 0.6 is 0 Å². The number of hydrogen-bond donors (Lipinski definition) is 1. The lowest BCUT2D eigenvalue weighted by Crippen LogP contribution is -2.40. The summed E-state index contributed by atoms with van der Waals surface area (Å²) in [6.45, 7) is 4.54. The lowest BCUT2D eigenvalue weighted by atomic mass is 10.1. The maximum Gasteiger partial charge on any atom is 0.243 e. The number of likely N-dealkylation sites (N-methyl/N-ethyl adjacent to an activating group) is 2. The van der Waals surface area contributed by atoms with Crippen LogP contribution in [-0.4, -0.2) is 48.8 Å². The molecule has 0 unspecified atom stereocenters. The Kier molecular flexibility index (Phi) is 7.07. The van der Waals surface area contributed by atoms with Crippen molar-refractivity contribution >= 4 is 17.5 Å². The highest BCUT2D eigenvalue weighted by Crippen LogP contribution is 2.19. The Bertz CT molecular complexity index is 785. The van der Waals surface area contributed by atoms with E-state index < -0.39 is 0 Å². The van der Waals surface area contributed by atoms with Crippen LogP contribution in [0.25, 0.3) is 0 Å². The van der Waals surface area contributed by atoms with Gasteiger partial charge in [0, 0.05) is 19.3 Å². The van der Waals surface area contributed by atoms with Crippen molar-refractivity contribution in [2.24, 2.45) is 0 Å². The Hall–Kier alpha value is -2.73. The Morgan fingerprint density at radius 2 is 1.56 bits per heavy atom. The molecule has 0 heterocycles. The fraction of sp³-hybridized carbons (Fsp3) is 0.333. The van der Waals surface area contributed by atoms with Gasteiger partial charge in [0.1, 0.15) is 5.82 Å². The summed E-state index contributed by atoms with van der Waals surface area (Å²) in [5.74, 6) is -0.673. The van der Waals surface area contributed by atoms with Gasteiger partial charge < -0.3 is 10.2 Å². The molecule has 1 N–H and O–H groups in total. The van der Waals surface area contributed by atoms with Crippen LogP contribution in [0.5, 0.6) is 0 Å². The van der Waals surface area contributed by atoms with Crippen molar-refractivity contribution in [3.05, 3.63) is 65.0 Å². The van der Waals surface area contributed by atoms with E-state index in [9.17, 15) is 14.0 Å². The second-order valence-electron chi connectivity index (χ2n) is 6.86. The molecule has 6 heteroatoms. The average molecular weight is 371 g/mol. The molecule has 0 aliphatic carbocycles. The van der Waals surface area contributed by atoms with Crippen molar-refractivity contribution in [1.82, 2.24) is 9.80 Å². The monoisotopic (exact) mass is 371 g/mol. The van der Waals surface area contributed by atoms with E-state index in [-0.39, 0.29) is 30.7 Å². The van der Waals surface area contributed by atoms with Gasteiger partial charge in [-0.05, 0) is 49.7 Å². The van der Waals surface area contributed by atoms with E-state index in [1.807, 2.05) is 44.0 Å². The van der Waals surface area contributed by atoms with Crippen LogP contribution in [0.3, 0.4) is 0 Å². The Labute approximate surface area is 159 Å². The van der Waals surface area contributed by atoms with Crippen LogP contribution < -0.4 is 5.32 Å². The molecule has 144 valence electrons. The van der Waals surface area contributed by atoms with Gasteiger partial charge in [-0.15, -0.1) is 0 Å². The van der Waals surface area contributed by atoms with Gasteiger partial charge in [-0.3, -0.25) is 14.5 Å². The highest BCUT2D eigenvalue weighted by atomic mass is 19.1. The molecule has 0 bridgehead atoms. The minimum atomic E-state index is -0.285. The molecule has 0 aliphatic rings. The van der Waals surface area contributed by atoms with Crippen molar-refractivity contribution in [1.29, 1.82) is 0 Å². The topological polar surface area (TPSA) is 52.7 Å². The number of carbonyl (C=O) groups excluding carboxylic acids is 2. The minimum absolute atomic E-state index is 0.0169. The number of para-hydroxylation sites is 1. The lowest BCUT2D eigenvalue weighted by Gasteiger charge is -2.22. The summed E-state index contributed by atoms with van der Waals surface area (Å²) in [7, 11) is 3.42. The number of anilines is 1. The predicted molar refractivity (Wildman–Crippen MR) is 105 cm³/mol. The third kappa shape index (κ3) is 6.18. The van der Waals surface area contributed by atoms with Crippen molar-refractivity contribution in [3.8, 4) is 0 Å². The smallest absolute Gasteiger partial charge is 0.243 e. The van der Waals surface area contributed by atoms with Crippen LogP contribution in [-0.2, 0) is 16.1 Å². The second kappa shape index (κ2) is 9.28. The van der Waals surface area contributed by atoms with Crippen molar-refractivity contribution < 1.29 is 14.0 Å². The molecule has 0 radical (unpaired) electrons. The molecule has 0 saturated carbocycles. The van der Waals surface area contributed by atoms with Gasteiger partial charge in [0.2, 0.25) is 11.8 Å². The van der Waals surface area contributed by atoms with Gasteiger partial charge in [-0.2, -0.15) is 0 Å². The summed E-state index contributed by atoms with van der Waals surface area (Å²) < 4.78 is 13.0. The van der Waals surface area contributed by atoms with Gasteiger partial charge in [0.05, 0.1) is 13.1 Å². The summed E-state index contributed by atoms with van der Waals surface area (Å²) >= 11 is 0.